The molecule has 1 amide bonds. The molecule has 0 radical (unpaired) electrons. The molecule has 1 saturated carbocycles. The Hall–Kier alpha value is -1.94. The molecular formula is C16H19N3O. The molecule has 1 aromatic heterocycles. The molecule has 0 aliphatic heterocycles. The van der Waals surface area contributed by atoms with Crippen molar-refractivity contribution < 1.29 is 4.79 Å². The van der Waals surface area contributed by atoms with Gasteiger partial charge in [-0.15, -0.1) is 0 Å². The molecule has 4 nitrogen and oxygen atoms in total. The van der Waals surface area contributed by atoms with E-state index in [4.69, 9.17) is 5.73 Å². The molecular weight excluding hydrogens is 250 g/mol. The summed E-state index contributed by atoms with van der Waals surface area (Å²) < 4.78 is 0. The van der Waals surface area contributed by atoms with Gasteiger partial charge in [-0.25, -0.2) is 0 Å². The molecule has 1 aliphatic carbocycles. The van der Waals surface area contributed by atoms with Gasteiger partial charge in [-0.1, -0.05) is 12.1 Å². The van der Waals surface area contributed by atoms with E-state index in [0.29, 0.717) is 12.0 Å². The fraction of sp³-hybridized carbons (Fsp3) is 0.375. The van der Waals surface area contributed by atoms with E-state index in [0.717, 1.165) is 35.9 Å². The number of fused-ring (bicyclic) bond motifs is 1. The predicted octanol–water partition coefficient (Wildman–Crippen LogP) is 2.04. The van der Waals surface area contributed by atoms with Crippen molar-refractivity contribution in [1.82, 2.24) is 9.88 Å². The van der Waals surface area contributed by atoms with Crippen molar-refractivity contribution in [2.45, 2.75) is 18.9 Å². The second-order valence-corrected chi connectivity index (χ2v) is 5.66. The number of pyridine rings is 1. The molecule has 3 rings (SSSR count). The van der Waals surface area contributed by atoms with Gasteiger partial charge in [0.2, 0.25) is 0 Å². The highest BCUT2D eigenvalue weighted by atomic mass is 16.2. The Labute approximate surface area is 118 Å². The Morgan fingerprint density at radius 1 is 1.35 bits per heavy atom. The van der Waals surface area contributed by atoms with Gasteiger partial charge in [0.05, 0.1) is 5.52 Å². The molecule has 104 valence electrons. The smallest absolute Gasteiger partial charge is 0.254 e. The minimum Gasteiger partial charge on any atom is -0.341 e. The van der Waals surface area contributed by atoms with Crippen LogP contribution in [-0.4, -0.2) is 35.4 Å². The highest BCUT2D eigenvalue weighted by Crippen LogP contribution is 2.27. The average Bonchev–Trinajstić information content (AvgIpc) is 2.44. The van der Waals surface area contributed by atoms with Crippen LogP contribution in [-0.2, 0) is 0 Å². The van der Waals surface area contributed by atoms with Crippen molar-refractivity contribution in [1.29, 1.82) is 0 Å². The zero-order valence-electron chi connectivity index (χ0n) is 11.6. The Morgan fingerprint density at radius 3 is 2.90 bits per heavy atom. The Kier molecular flexibility index (Phi) is 3.40. The van der Waals surface area contributed by atoms with Crippen LogP contribution in [0.15, 0.2) is 36.5 Å². The van der Waals surface area contributed by atoms with Gasteiger partial charge in [-0.2, -0.15) is 0 Å². The quantitative estimate of drug-likeness (QED) is 0.927. The van der Waals surface area contributed by atoms with Crippen LogP contribution in [0.5, 0.6) is 0 Å². The maximum Gasteiger partial charge on any atom is 0.254 e. The largest absolute Gasteiger partial charge is 0.341 e. The molecule has 1 heterocycles. The zero-order chi connectivity index (χ0) is 14.1. The Morgan fingerprint density at radius 2 is 2.15 bits per heavy atom. The van der Waals surface area contributed by atoms with Gasteiger partial charge in [0.1, 0.15) is 0 Å². The van der Waals surface area contributed by atoms with Crippen LogP contribution >= 0.6 is 0 Å². The van der Waals surface area contributed by atoms with Crippen LogP contribution in [0.4, 0.5) is 0 Å². The zero-order valence-corrected chi connectivity index (χ0v) is 11.6. The summed E-state index contributed by atoms with van der Waals surface area (Å²) in [7, 11) is 1.86. The molecule has 1 aliphatic rings. The molecule has 1 fully saturated rings. The first-order valence-electron chi connectivity index (χ1n) is 7.00. The summed E-state index contributed by atoms with van der Waals surface area (Å²) >= 11 is 0. The third-order valence-electron chi connectivity index (χ3n) is 4.03. The van der Waals surface area contributed by atoms with Gasteiger partial charge >= 0.3 is 0 Å². The fourth-order valence-corrected chi connectivity index (χ4v) is 2.90. The number of nitrogens with two attached hydrogens (primary N) is 1. The molecule has 4 heteroatoms. The molecule has 2 aromatic rings. The summed E-state index contributed by atoms with van der Waals surface area (Å²) in [6, 6.07) is 9.82. The maximum absolute atomic E-state index is 12.6. The van der Waals surface area contributed by atoms with Crippen molar-refractivity contribution in [3.8, 4) is 0 Å². The van der Waals surface area contributed by atoms with E-state index >= 15 is 0 Å². The number of carbonyl (C=O) groups excluding carboxylic acids is 1. The monoisotopic (exact) mass is 269 g/mol. The number of hydrogen-bond acceptors (Lipinski definition) is 3. The lowest BCUT2D eigenvalue weighted by molar-refractivity contribution is 0.0736. The average molecular weight is 269 g/mol. The highest BCUT2D eigenvalue weighted by molar-refractivity contribution is 6.06. The van der Waals surface area contributed by atoms with Crippen molar-refractivity contribution >= 4 is 16.8 Å². The number of nitrogens with zero attached hydrogens (tertiary/aromatic N) is 2. The van der Waals surface area contributed by atoms with E-state index in [9.17, 15) is 4.79 Å². The molecule has 0 atom stereocenters. The molecule has 1 aromatic carbocycles. The summed E-state index contributed by atoms with van der Waals surface area (Å²) in [4.78, 5) is 18.7. The number of aromatic nitrogens is 1. The van der Waals surface area contributed by atoms with Crippen molar-refractivity contribution in [3.63, 3.8) is 0 Å². The van der Waals surface area contributed by atoms with Gasteiger partial charge in [-0.05, 0) is 37.0 Å². The molecule has 0 unspecified atom stereocenters. The van der Waals surface area contributed by atoms with Gasteiger partial charge in [-0.3, -0.25) is 9.78 Å². The first-order valence-corrected chi connectivity index (χ1v) is 7.00. The van der Waals surface area contributed by atoms with E-state index in [1.54, 1.807) is 11.1 Å². The van der Waals surface area contributed by atoms with E-state index < -0.39 is 0 Å². The van der Waals surface area contributed by atoms with Gasteiger partial charge < -0.3 is 10.6 Å². The van der Waals surface area contributed by atoms with Gasteiger partial charge in [0.25, 0.3) is 5.91 Å². The van der Waals surface area contributed by atoms with E-state index in [2.05, 4.69) is 4.98 Å². The van der Waals surface area contributed by atoms with Crippen LogP contribution in [0.1, 0.15) is 23.2 Å². The fourth-order valence-electron chi connectivity index (χ4n) is 2.90. The van der Waals surface area contributed by atoms with Gasteiger partial charge in [0, 0.05) is 36.8 Å². The Balaban J connectivity index is 1.81. The molecule has 0 spiro atoms. The second-order valence-electron chi connectivity index (χ2n) is 5.66. The minimum atomic E-state index is 0.0593. The third-order valence-corrected chi connectivity index (χ3v) is 4.03. The highest BCUT2D eigenvalue weighted by Gasteiger charge is 2.28. The normalized spacial score (nSPS) is 21.5. The lowest BCUT2D eigenvalue weighted by Crippen LogP contribution is -2.43. The molecule has 0 saturated heterocycles. The van der Waals surface area contributed by atoms with Crippen LogP contribution in [0, 0.1) is 5.92 Å². The summed E-state index contributed by atoms with van der Waals surface area (Å²) in [5.74, 6) is 0.608. The van der Waals surface area contributed by atoms with Crippen molar-refractivity contribution in [2.24, 2.45) is 11.7 Å². The number of amides is 1. The van der Waals surface area contributed by atoms with Crippen molar-refractivity contribution in [2.75, 3.05) is 13.6 Å². The number of rotatable bonds is 3. The number of benzene rings is 1. The summed E-state index contributed by atoms with van der Waals surface area (Å²) in [5.41, 5.74) is 7.38. The lowest BCUT2D eigenvalue weighted by Gasteiger charge is -2.35. The first-order chi connectivity index (χ1) is 9.65. The SMILES string of the molecule is CN(CC1CC(N)C1)C(=O)c1cccc2ncccc12. The minimum absolute atomic E-state index is 0.0593. The number of carbonyl (C=O) groups is 1. The lowest BCUT2D eigenvalue weighted by atomic mass is 9.80. The van der Waals surface area contributed by atoms with E-state index in [1.165, 1.54) is 0 Å². The summed E-state index contributed by atoms with van der Waals surface area (Å²) in [5, 5.41) is 0.914. The molecule has 2 N–H and O–H groups in total. The maximum atomic E-state index is 12.6. The molecule has 20 heavy (non-hydrogen) atoms. The van der Waals surface area contributed by atoms with Crippen LogP contribution in [0.2, 0.25) is 0 Å². The third kappa shape index (κ3) is 2.39. The van der Waals surface area contributed by atoms with Crippen LogP contribution in [0.25, 0.3) is 10.9 Å². The van der Waals surface area contributed by atoms with E-state index in [1.807, 2.05) is 37.4 Å². The second kappa shape index (κ2) is 5.21. The predicted molar refractivity (Wildman–Crippen MR) is 79.4 cm³/mol. The summed E-state index contributed by atoms with van der Waals surface area (Å²) in [6.07, 6.45) is 3.79. The van der Waals surface area contributed by atoms with Crippen LogP contribution < -0.4 is 5.73 Å². The summed E-state index contributed by atoms with van der Waals surface area (Å²) in [6.45, 7) is 0.781. The standard InChI is InChI=1S/C16H19N3O/c1-19(10-11-8-12(17)9-11)16(20)14-4-2-6-15-13(14)5-3-7-18-15/h2-7,11-12H,8-10,17H2,1H3. The Bertz CT molecular complexity index is 629. The number of hydrogen-bond donors (Lipinski definition) is 1. The van der Waals surface area contributed by atoms with Crippen LogP contribution in [0.3, 0.4) is 0 Å². The van der Waals surface area contributed by atoms with Crippen molar-refractivity contribution in [3.05, 3.63) is 42.1 Å². The van der Waals surface area contributed by atoms with Gasteiger partial charge in [0.15, 0.2) is 0 Å². The molecule has 0 bridgehead atoms. The topological polar surface area (TPSA) is 59.2 Å². The first kappa shape index (κ1) is 13.1. The van der Waals surface area contributed by atoms with E-state index in [-0.39, 0.29) is 5.91 Å².